The van der Waals surface area contributed by atoms with Crippen LogP contribution in [0.15, 0.2) is 88.0 Å². The molecule has 2 aromatic carbocycles. The number of hydrogen-bond donors (Lipinski definition) is 2. The molecule has 10 heteroatoms. The van der Waals surface area contributed by atoms with Crippen LogP contribution in [0.25, 0.3) is 32.7 Å². The van der Waals surface area contributed by atoms with E-state index in [1.165, 1.54) is 24.7 Å². The van der Waals surface area contributed by atoms with Crippen LogP contribution in [0.5, 0.6) is 0 Å². The number of non-ortho nitro benzene ring substituents is 1. The van der Waals surface area contributed by atoms with Gasteiger partial charge in [-0.05, 0) is 17.7 Å². The van der Waals surface area contributed by atoms with E-state index in [9.17, 15) is 10.1 Å². The number of nitrogens with zero attached hydrogens (tertiary/aromatic N) is 4. The van der Waals surface area contributed by atoms with Gasteiger partial charge in [0.05, 0.1) is 16.5 Å². The Morgan fingerprint density at radius 2 is 1.85 bits per heavy atom. The molecule has 0 radical (unpaired) electrons. The number of benzene rings is 2. The highest BCUT2D eigenvalue weighted by atomic mass is 32.1. The average Bonchev–Trinajstić information content (AvgIpc) is 3.54. The molecule has 0 bridgehead atoms. The van der Waals surface area contributed by atoms with Crippen LogP contribution in [-0.4, -0.2) is 33.3 Å². The van der Waals surface area contributed by atoms with E-state index >= 15 is 0 Å². The normalized spacial score (nSPS) is 10.8. The van der Waals surface area contributed by atoms with Crippen molar-refractivity contribution in [2.24, 2.45) is 5.10 Å². The number of thiophene rings is 1. The lowest BCUT2D eigenvalue weighted by molar-refractivity contribution is -0.384. The largest absolute Gasteiger partial charge is 0.455 e. The molecule has 34 heavy (non-hydrogen) atoms. The molecule has 0 amide bonds. The van der Waals surface area contributed by atoms with E-state index in [4.69, 9.17) is 9.52 Å². The first-order valence-electron chi connectivity index (χ1n) is 10.0. The molecule has 9 nitrogen and oxygen atoms in total. The molecule has 0 fully saturated rings. The second-order valence-corrected chi connectivity index (χ2v) is 7.66. The molecule has 0 aliphatic rings. The second-order valence-electron chi connectivity index (χ2n) is 6.80. The van der Waals surface area contributed by atoms with Gasteiger partial charge >= 0.3 is 0 Å². The van der Waals surface area contributed by atoms with Gasteiger partial charge in [-0.25, -0.2) is 9.97 Å². The van der Waals surface area contributed by atoms with Crippen LogP contribution in [0.1, 0.15) is 5.76 Å². The maximum atomic E-state index is 11.0. The zero-order chi connectivity index (χ0) is 23.9. The van der Waals surface area contributed by atoms with Crippen LogP contribution < -0.4 is 5.43 Å². The minimum atomic E-state index is -0.435. The first-order chi connectivity index (χ1) is 16.7. The van der Waals surface area contributed by atoms with Gasteiger partial charge in [-0.3, -0.25) is 15.5 Å². The van der Waals surface area contributed by atoms with Gasteiger partial charge in [0.1, 0.15) is 22.7 Å². The van der Waals surface area contributed by atoms with E-state index < -0.39 is 4.92 Å². The van der Waals surface area contributed by atoms with Crippen molar-refractivity contribution in [3.05, 3.63) is 94.3 Å². The predicted octanol–water partition coefficient (Wildman–Crippen LogP) is 5.58. The Morgan fingerprint density at radius 1 is 1.06 bits per heavy atom. The standard InChI is InChI=1S/C23H15N5O3S.CH4O/c29-28(30)17-8-4-7-16(11-17)20-10-9-18(31-20)12-26-27-22-21-19(15-5-2-1-3-6-15)13-32-23(21)25-14-24-22;1-2/h1-14H,(H,24,25,27);2H,1H3/b26-12+;. The Balaban J connectivity index is 0.00000133. The summed E-state index contributed by atoms with van der Waals surface area (Å²) in [6, 6.07) is 19.8. The number of hydrogen-bond acceptors (Lipinski definition) is 9. The minimum absolute atomic E-state index is 0.00791. The summed E-state index contributed by atoms with van der Waals surface area (Å²) in [5, 5.41) is 25.2. The van der Waals surface area contributed by atoms with Crippen molar-refractivity contribution in [3.63, 3.8) is 0 Å². The van der Waals surface area contributed by atoms with Crippen LogP contribution in [-0.2, 0) is 0 Å². The second kappa shape index (κ2) is 10.5. The first kappa shape index (κ1) is 22.8. The number of rotatable bonds is 6. The molecule has 5 rings (SSSR count). The maximum absolute atomic E-state index is 11.0. The summed E-state index contributed by atoms with van der Waals surface area (Å²) in [6.07, 6.45) is 3.03. The predicted molar refractivity (Wildman–Crippen MR) is 133 cm³/mol. The molecule has 0 aliphatic heterocycles. The van der Waals surface area contributed by atoms with Crippen molar-refractivity contribution >= 4 is 39.3 Å². The third-order valence-corrected chi connectivity index (χ3v) is 5.67. The monoisotopic (exact) mass is 473 g/mol. The highest BCUT2D eigenvalue weighted by molar-refractivity contribution is 7.17. The SMILES string of the molecule is CO.O=[N+]([O-])c1cccc(-c2ccc(/C=N/Nc3ncnc4scc(-c5ccccc5)c34)o2)c1. The summed E-state index contributed by atoms with van der Waals surface area (Å²) < 4.78 is 5.77. The van der Waals surface area contributed by atoms with Gasteiger partial charge in [0.25, 0.3) is 5.69 Å². The number of hydrazone groups is 1. The Morgan fingerprint density at radius 3 is 2.65 bits per heavy atom. The van der Waals surface area contributed by atoms with E-state index in [0.717, 1.165) is 28.5 Å². The lowest BCUT2D eigenvalue weighted by atomic mass is 10.1. The summed E-state index contributed by atoms with van der Waals surface area (Å²) in [4.78, 5) is 20.1. The van der Waals surface area contributed by atoms with Crippen LogP contribution in [0.3, 0.4) is 0 Å². The van der Waals surface area contributed by atoms with E-state index in [1.807, 2.05) is 30.3 Å². The molecule has 0 aliphatic carbocycles. The van der Waals surface area contributed by atoms with E-state index in [1.54, 1.807) is 35.6 Å². The van der Waals surface area contributed by atoms with Crippen molar-refractivity contribution < 1.29 is 14.4 Å². The lowest BCUT2D eigenvalue weighted by Crippen LogP contribution is -1.95. The number of fused-ring (bicyclic) bond motifs is 1. The Kier molecular flexibility index (Phi) is 7.01. The van der Waals surface area contributed by atoms with Crippen LogP contribution in [0.2, 0.25) is 0 Å². The number of aromatic nitrogens is 2. The highest BCUT2D eigenvalue weighted by Crippen LogP contribution is 2.36. The molecule has 2 N–H and O–H groups in total. The van der Waals surface area contributed by atoms with Crippen molar-refractivity contribution in [2.75, 3.05) is 12.5 Å². The van der Waals surface area contributed by atoms with Crippen LogP contribution in [0.4, 0.5) is 11.5 Å². The molecule has 0 unspecified atom stereocenters. The number of aliphatic hydroxyl groups is 1. The topological polar surface area (TPSA) is 127 Å². The van der Waals surface area contributed by atoms with Crippen molar-refractivity contribution in [2.45, 2.75) is 0 Å². The van der Waals surface area contributed by atoms with Crippen LogP contribution in [0, 0.1) is 10.1 Å². The maximum Gasteiger partial charge on any atom is 0.270 e. The van der Waals surface area contributed by atoms with Gasteiger partial charge in [0.2, 0.25) is 0 Å². The molecule has 0 saturated carbocycles. The fourth-order valence-corrected chi connectivity index (χ4v) is 4.21. The molecule has 5 aromatic rings. The Labute approximate surface area is 198 Å². The molecular formula is C24H19N5O4S. The molecule has 0 spiro atoms. The number of anilines is 1. The number of nitro groups is 1. The van der Waals surface area contributed by atoms with Gasteiger partial charge in [0, 0.05) is 35.7 Å². The van der Waals surface area contributed by atoms with Crippen LogP contribution >= 0.6 is 11.3 Å². The fourth-order valence-electron chi connectivity index (χ4n) is 3.30. The molecular weight excluding hydrogens is 454 g/mol. The third kappa shape index (κ3) is 4.82. The van der Waals surface area contributed by atoms with Gasteiger partial charge in [-0.1, -0.05) is 42.5 Å². The quantitative estimate of drug-likeness (QED) is 0.187. The third-order valence-electron chi connectivity index (χ3n) is 4.79. The molecule has 0 saturated heterocycles. The number of furan rings is 1. The zero-order valence-electron chi connectivity index (χ0n) is 18.0. The molecule has 3 heterocycles. The summed E-state index contributed by atoms with van der Waals surface area (Å²) in [5.41, 5.74) is 5.72. The molecule has 0 atom stereocenters. The Bertz CT molecular complexity index is 1450. The number of nitrogens with one attached hydrogen (secondary N) is 1. The summed E-state index contributed by atoms with van der Waals surface area (Å²) in [6.45, 7) is 0. The van der Waals surface area contributed by atoms with Gasteiger partial charge in [0.15, 0.2) is 5.82 Å². The smallest absolute Gasteiger partial charge is 0.270 e. The molecule has 170 valence electrons. The van der Waals surface area contributed by atoms with E-state index in [0.29, 0.717) is 22.9 Å². The summed E-state index contributed by atoms with van der Waals surface area (Å²) in [7, 11) is 1.00. The number of aliphatic hydroxyl groups excluding tert-OH is 1. The van der Waals surface area contributed by atoms with Crippen molar-refractivity contribution in [1.29, 1.82) is 0 Å². The zero-order valence-corrected chi connectivity index (χ0v) is 18.8. The lowest BCUT2D eigenvalue weighted by Gasteiger charge is -2.04. The van der Waals surface area contributed by atoms with Crippen molar-refractivity contribution in [1.82, 2.24) is 9.97 Å². The number of nitro benzene ring substituents is 1. The summed E-state index contributed by atoms with van der Waals surface area (Å²) >= 11 is 1.55. The van der Waals surface area contributed by atoms with E-state index in [-0.39, 0.29) is 5.69 Å². The van der Waals surface area contributed by atoms with E-state index in [2.05, 4.69) is 25.9 Å². The Hall–Kier alpha value is -4.41. The first-order valence-corrected chi connectivity index (χ1v) is 10.9. The fraction of sp³-hybridized carbons (Fsp3) is 0.0417. The van der Waals surface area contributed by atoms with Gasteiger partial charge in [-0.2, -0.15) is 5.10 Å². The average molecular weight is 474 g/mol. The molecule has 3 aromatic heterocycles. The van der Waals surface area contributed by atoms with Gasteiger partial charge in [-0.15, -0.1) is 11.3 Å². The van der Waals surface area contributed by atoms with Crippen molar-refractivity contribution in [3.8, 4) is 22.5 Å². The summed E-state index contributed by atoms with van der Waals surface area (Å²) in [5.74, 6) is 1.61. The minimum Gasteiger partial charge on any atom is -0.455 e. The van der Waals surface area contributed by atoms with Gasteiger partial charge < -0.3 is 9.52 Å². The highest BCUT2D eigenvalue weighted by Gasteiger charge is 2.13.